The van der Waals surface area contributed by atoms with Gasteiger partial charge >= 0.3 is 5.69 Å². The van der Waals surface area contributed by atoms with E-state index in [-0.39, 0.29) is 29.1 Å². The zero-order valence-corrected chi connectivity index (χ0v) is 19.7. The molecule has 4 atom stereocenters. The van der Waals surface area contributed by atoms with Gasteiger partial charge in [-0.1, -0.05) is 11.6 Å². The van der Waals surface area contributed by atoms with Gasteiger partial charge < -0.3 is 10.1 Å². The van der Waals surface area contributed by atoms with Crippen LogP contribution in [0, 0.1) is 28.9 Å². The van der Waals surface area contributed by atoms with Gasteiger partial charge in [-0.2, -0.15) is 0 Å². The van der Waals surface area contributed by atoms with Gasteiger partial charge in [-0.15, -0.1) is 0 Å². The van der Waals surface area contributed by atoms with Crippen molar-refractivity contribution < 1.29 is 24.0 Å². The minimum atomic E-state index is -1.34. The molecule has 10 nitrogen and oxygen atoms in total. The summed E-state index contributed by atoms with van der Waals surface area (Å²) in [5.74, 6) is -2.97. The maximum Gasteiger partial charge on any atom is 0.311 e. The molecule has 0 bridgehead atoms. The first-order valence-electron chi connectivity index (χ1n) is 11.3. The molecule has 0 saturated carbocycles. The second kappa shape index (κ2) is 7.25. The van der Waals surface area contributed by atoms with E-state index in [4.69, 9.17) is 16.3 Å². The van der Waals surface area contributed by atoms with Gasteiger partial charge in [0, 0.05) is 34.4 Å². The highest BCUT2D eigenvalue weighted by Gasteiger charge is 2.74. The average Bonchev–Trinajstić information content (AvgIpc) is 3.52. The number of nitrogens with one attached hydrogen (secondary N) is 1. The lowest BCUT2D eigenvalue weighted by molar-refractivity contribution is -0.385. The number of halogens is 1. The van der Waals surface area contributed by atoms with Gasteiger partial charge in [0.1, 0.15) is 5.54 Å². The number of anilines is 2. The number of methoxy groups -OCH3 is 1. The van der Waals surface area contributed by atoms with Gasteiger partial charge in [-0.3, -0.25) is 29.4 Å². The van der Waals surface area contributed by atoms with Crippen LogP contribution in [0.5, 0.6) is 5.75 Å². The van der Waals surface area contributed by atoms with Crippen LogP contribution in [0.15, 0.2) is 30.3 Å². The van der Waals surface area contributed by atoms with Crippen molar-refractivity contribution in [1.29, 1.82) is 0 Å². The SMILES string of the molecule is COc1cc(N2C(=O)[C@@H]3[C@@H]4CCCN4[C@@]4(C(=O)Nc5ccc(Cl)cc54)[C@H]3C2=O)c(C)cc1[N+](=O)[O-]. The number of nitrogens with zero attached hydrogens (tertiary/aromatic N) is 3. The summed E-state index contributed by atoms with van der Waals surface area (Å²) >= 11 is 6.31. The molecule has 2 aromatic carbocycles. The number of rotatable bonds is 3. The molecule has 4 aliphatic heterocycles. The maximum atomic E-state index is 14.1. The summed E-state index contributed by atoms with van der Waals surface area (Å²) < 4.78 is 5.19. The Bertz CT molecular complexity index is 1360. The number of fused-ring (bicyclic) bond motifs is 7. The van der Waals surface area contributed by atoms with E-state index in [1.54, 1.807) is 25.1 Å². The van der Waals surface area contributed by atoms with E-state index in [9.17, 15) is 24.5 Å². The third-order valence-electron chi connectivity index (χ3n) is 7.89. The predicted octanol–water partition coefficient (Wildman–Crippen LogP) is 3.00. The van der Waals surface area contributed by atoms with Gasteiger partial charge in [0.05, 0.1) is 29.6 Å². The summed E-state index contributed by atoms with van der Waals surface area (Å²) in [5.41, 5.74) is 0.196. The first kappa shape index (κ1) is 22.0. The van der Waals surface area contributed by atoms with Crippen molar-refractivity contribution in [3.05, 3.63) is 56.6 Å². The van der Waals surface area contributed by atoms with Gasteiger partial charge in [-0.05, 0) is 50.1 Å². The monoisotopic (exact) mass is 496 g/mol. The number of ether oxygens (including phenoxy) is 1. The normalized spacial score (nSPS) is 28.9. The van der Waals surface area contributed by atoms with E-state index in [0.29, 0.717) is 34.8 Å². The van der Waals surface area contributed by atoms with E-state index in [0.717, 1.165) is 11.3 Å². The van der Waals surface area contributed by atoms with Crippen molar-refractivity contribution in [2.75, 3.05) is 23.9 Å². The minimum absolute atomic E-state index is 0.0544. The fourth-order valence-corrected chi connectivity index (χ4v) is 6.79. The van der Waals surface area contributed by atoms with E-state index in [1.807, 2.05) is 4.90 Å². The summed E-state index contributed by atoms with van der Waals surface area (Å²) in [4.78, 5) is 55.6. The molecule has 3 fully saturated rings. The Morgan fingerprint density at radius 3 is 2.69 bits per heavy atom. The molecule has 1 N–H and O–H groups in total. The van der Waals surface area contributed by atoms with Gasteiger partial charge in [0.25, 0.3) is 0 Å². The molecule has 3 saturated heterocycles. The van der Waals surface area contributed by atoms with E-state index < -0.39 is 34.1 Å². The van der Waals surface area contributed by atoms with Gasteiger partial charge in [0.15, 0.2) is 5.75 Å². The molecule has 0 unspecified atom stereocenters. The molecule has 35 heavy (non-hydrogen) atoms. The van der Waals surface area contributed by atoms with Crippen molar-refractivity contribution in [3.63, 3.8) is 0 Å². The maximum absolute atomic E-state index is 14.1. The van der Waals surface area contributed by atoms with Crippen LogP contribution in [0.4, 0.5) is 17.1 Å². The summed E-state index contributed by atoms with van der Waals surface area (Å²) in [7, 11) is 1.29. The number of hydrogen-bond donors (Lipinski definition) is 1. The Kier molecular flexibility index (Phi) is 4.56. The fraction of sp³-hybridized carbons (Fsp3) is 0.375. The standard InChI is InChI=1S/C24H21ClN4O6/c1-11-8-17(29(33)34)18(35-2)10-16(11)28-21(30)19-15-4-3-7-27(15)24(20(19)22(28)31)13-9-12(25)5-6-14(13)26-23(24)32/h5-6,8-10,15,19-20H,3-4,7H2,1-2H3,(H,26,32)/t15-,19+,20+,24+/m0/s1. The van der Waals surface area contributed by atoms with Crippen molar-refractivity contribution >= 4 is 46.4 Å². The molecule has 0 aromatic heterocycles. The minimum Gasteiger partial charge on any atom is -0.490 e. The lowest BCUT2D eigenvalue weighted by Crippen LogP contribution is -2.54. The first-order chi connectivity index (χ1) is 16.7. The zero-order chi connectivity index (χ0) is 24.8. The van der Waals surface area contributed by atoms with Gasteiger partial charge in [0.2, 0.25) is 17.7 Å². The van der Waals surface area contributed by atoms with Crippen molar-refractivity contribution in [1.82, 2.24) is 4.90 Å². The number of benzene rings is 2. The number of aryl methyl sites for hydroxylation is 1. The van der Waals surface area contributed by atoms with Crippen molar-refractivity contribution in [2.24, 2.45) is 11.8 Å². The zero-order valence-electron chi connectivity index (χ0n) is 18.9. The summed E-state index contributed by atoms with van der Waals surface area (Å²) in [6.07, 6.45) is 1.48. The molecule has 1 spiro atoms. The highest BCUT2D eigenvalue weighted by molar-refractivity contribution is 6.31. The van der Waals surface area contributed by atoms with Crippen molar-refractivity contribution in [2.45, 2.75) is 31.3 Å². The number of amides is 3. The Morgan fingerprint density at radius 1 is 1.20 bits per heavy atom. The first-order valence-corrected chi connectivity index (χ1v) is 11.7. The molecular formula is C24H21ClN4O6. The second-order valence-electron chi connectivity index (χ2n) is 9.40. The third kappa shape index (κ3) is 2.61. The lowest BCUT2D eigenvalue weighted by Gasteiger charge is -2.36. The molecule has 4 heterocycles. The molecule has 6 rings (SSSR count). The highest BCUT2D eigenvalue weighted by atomic mass is 35.5. The smallest absolute Gasteiger partial charge is 0.311 e. The molecule has 2 aromatic rings. The summed E-state index contributed by atoms with van der Waals surface area (Å²) in [5, 5.41) is 14.8. The molecule has 0 aliphatic carbocycles. The van der Waals surface area contributed by atoms with E-state index in [1.165, 1.54) is 19.2 Å². The number of carbonyl (C=O) groups excluding carboxylic acids is 3. The quantitative estimate of drug-likeness (QED) is 0.393. The van der Waals surface area contributed by atoms with Crippen LogP contribution in [0.2, 0.25) is 5.02 Å². The Balaban J connectivity index is 1.54. The molecular weight excluding hydrogens is 476 g/mol. The topological polar surface area (TPSA) is 122 Å². The largest absolute Gasteiger partial charge is 0.490 e. The second-order valence-corrected chi connectivity index (χ2v) is 9.83. The van der Waals surface area contributed by atoms with Crippen LogP contribution in [0.3, 0.4) is 0 Å². The molecule has 3 amide bonds. The number of nitro groups is 1. The van der Waals surface area contributed by atoms with Crippen LogP contribution in [0.25, 0.3) is 0 Å². The van der Waals surface area contributed by atoms with Crippen molar-refractivity contribution in [3.8, 4) is 5.75 Å². The van der Waals surface area contributed by atoms with E-state index in [2.05, 4.69) is 5.32 Å². The van der Waals surface area contributed by atoms with Gasteiger partial charge in [-0.25, -0.2) is 4.90 Å². The third-order valence-corrected chi connectivity index (χ3v) is 8.12. The van der Waals surface area contributed by atoms with Crippen LogP contribution in [-0.4, -0.2) is 47.2 Å². The highest BCUT2D eigenvalue weighted by Crippen LogP contribution is 2.61. The Hall–Kier alpha value is -3.50. The van der Waals surface area contributed by atoms with Crippen LogP contribution < -0.4 is 15.0 Å². The Morgan fingerprint density at radius 2 is 1.97 bits per heavy atom. The van der Waals surface area contributed by atoms with Crippen LogP contribution in [0.1, 0.15) is 24.0 Å². The Labute approximate surface area is 204 Å². The number of imide groups is 1. The molecule has 11 heteroatoms. The number of hydrogen-bond acceptors (Lipinski definition) is 7. The van der Waals surface area contributed by atoms with Crippen LogP contribution >= 0.6 is 11.6 Å². The average molecular weight is 497 g/mol. The van der Waals surface area contributed by atoms with E-state index >= 15 is 0 Å². The van der Waals surface area contributed by atoms with Crippen LogP contribution in [-0.2, 0) is 19.9 Å². The number of carbonyl (C=O) groups is 3. The molecule has 0 radical (unpaired) electrons. The fourth-order valence-electron chi connectivity index (χ4n) is 6.62. The number of nitro benzene ring substituents is 1. The molecule has 180 valence electrons. The summed E-state index contributed by atoms with van der Waals surface area (Å²) in [6, 6.07) is 7.45. The summed E-state index contributed by atoms with van der Waals surface area (Å²) in [6.45, 7) is 2.19. The lowest BCUT2D eigenvalue weighted by atomic mass is 9.75. The predicted molar refractivity (Wildman–Crippen MR) is 125 cm³/mol. The molecule has 4 aliphatic rings.